The van der Waals surface area contributed by atoms with Crippen LogP contribution in [0.5, 0.6) is 0 Å². The minimum absolute atomic E-state index is 0.00207. The Bertz CT molecular complexity index is 1590. The summed E-state index contributed by atoms with van der Waals surface area (Å²) in [6.07, 6.45) is -9.75. The van der Waals surface area contributed by atoms with Crippen molar-refractivity contribution in [1.29, 1.82) is 0 Å². The third-order valence-electron chi connectivity index (χ3n) is 14.1. The number of nitrogens with one attached hydrogen (secondary N) is 1. The monoisotopic (exact) mass is 918 g/mol. The molecule has 4 heterocycles. The summed E-state index contributed by atoms with van der Waals surface area (Å²) in [4.78, 5) is 63.7. The second kappa shape index (κ2) is 23.1. The molecule has 17 nitrogen and oxygen atoms in total. The van der Waals surface area contributed by atoms with Gasteiger partial charge in [-0.1, -0.05) is 69.2 Å². The molecule has 0 aromatic heterocycles. The van der Waals surface area contributed by atoms with Crippen molar-refractivity contribution in [2.75, 3.05) is 13.7 Å². The minimum atomic E-state index is -2.00. The van der Waals surface area contributed by atoms with Crippen LogP contribution in [0.3, 0.4) is 0 Å². The normalized spacial score (nSPS) is 41.2. The quantitative estimate of drug-likeness (QED) is 0.140. The van der Waals surface area contributed by atoms with Gasteiger partial charge >= 0.3 is 23.9 Å². The van der Waals surface area contributed by atoms with Crippen molar-refractivity contribution in [3.05, 3.63) is 0 Å². The van der Waals surface area contributed by atoms with Crippen molar-refractivity contribution in [2.45, 2.75) is 208 Å². The lowest BCUT2D eigenvalue weighted by atomic mass is 9.78. The predicted octanol–water partition coefficient (Wildman–Crippen LogP) is 5.56. The largest absolute Gasteiger partial charge is 0.465 e. The molecule has 1 N–H and O–H groups in total. The number of esters is 4. The van der Waals surface area contributed by atoms with Gasteiger partial charge in [-0.3, -0.25) is 19.2 Å². The lowest BCUT2D eigenvalue weighted by Gasteiger charge is -2.51. The number of amides is 1. The van der Waals surface area contributed by atoms with E-state index in [9.17, 15) is 24.0 Å². The first kappa shape index (κ1) is 53.6. The number of hydrogen-bond acceptors (Lipinski definition) is 16. The van der Waals surface area contributed by atoms with Gasteiger partial charge in [0, 0.05) is 46.0 Å². The maximum atomic E-state index is 15.6. The summed E-state index contributed by atoms with van der Waals surface area (Å²) in [5.74, 6) is -6.92. The predicted molar refractivity (Wildman–Crippen MR) is 226 cm³/mol. The molecule has 0 radical (unpaired) electrons. The molecule has 0 bridgehead atoms. The van der Waals surface area contributed by atoms with E-state index in [0.29, 0.717) is 12.8 Å². The molecule has 4 aliphatic rings. The molecule has 18 heteroatoms. The summed E-state index contributed by atoms with van der Waals surface area (Å²) in [5.41, 5.74) is 0. The summed E-state index contributed by atoms with van der Waals surface area (Å²) in [6, 6.07) is -0.792. The maximum Gasteiger partial charge on any atom is 0.366 e. The minimum Gasteiger partial charge on any atom is -0.465 e. The summed E-state index contributed by atoms with van der Waals surface area (Å²) in [7, 11) is 1.21. The number of ether oxygens (including phenoxy) is 11. The van der Waals surface area contributed by atoms with Gasteiger partial charge in [-0.25, -0.2) is 9.18 Å². The second-order valence-electron chi connectivity index (χ2n) is 18.5. The zero-order valence-corrected chi connectivity index (χ0v) is 40.5. The first-order chi connectivity index (χ1) is 30.0. The zero-order valence-electron chi connectivity index (χ0n) is 40.5. The molecule has 0 spiro atoms. The highest BCUT2D eigenvalue weighted by Crippen LogP contribution is 2.44. The highest BCUT2D eigenvalue weighted by molar-refractivity contribution is 5.78. The van der Waals surface area contributed by atoms with Crippen molar-refractivity contribution in [1.82, 2.24) is 5.32 Å². The zero-order chi connectivity index (χ0) is 48.0. The molecule has 4 saturated heterocycles. The molecule has 368 valence electrons. The van der Waals surface area contributed by atoms with E-state index in [-0.39, 0.29) is 67.0 Å². The van der Waals surface area contributed by atoms with Gasteiger partial charge in [0.05, 0.1) is 44.2 Å². The molecule has 4 aliphatic heterocycles. The summed E-state index contributed by atoms with van der Waals surface area (Å²) in [6.45, 7) is 24.0. The maximum absolute atomic E-state index is 15.6. The van der Waals surface area contributed by atoms with Gasteiger partial charge in [0.25, 0.3) is 5.79 Å². The topological polar surface area (TPSA) is 199 Å². The van der Waals surface area contributed by atoms with E-state index < -0.39 is 109 Å². The highest BCUT2D eigenvalue weighted by atomic mass is 19.1. The van der Waals surface area contributed by atoms with Crippen LogP contribution in [0.15, 0.2) is 0 Å². The molecular formula is C46H76FNO16. The van der Waals surface area contributed by atoms with Gasteiger partial charge in [-0.2, -0.15) is 0 Å². The third-order valence-corrected chi connectivity index (χ3v) is 14.1. The average Bonchev–Trinajstić information content (AvgIpc) is 3.23. The Morgan fingerprint density at radius 3 is 1.81 bits per heavy atom. The molecule has 0 aromatic rings. The molecule has 7 unspecified atom stereocenters. The molecule has 0 saturated carbocycles. The fourth-order valence-electron chi connectivity index (χ4n) is 9.81. The Balaban J connectivity index is 1.64. The average molecular weight is 918 g/mol. The van der Waals surface area contributed by atoms with Crippen molar-refractivity contribution in [3.8, 4) is 0 Å². The Labute approximate surface area is 378 Å². The van der Waals surface area contributed by atoms with Gasteiger partial charge in [0.15, 0.2) is 24.8 Å². The second-order valence-corrected chi connectivity index (χ2v) is 18.5. The lowest BCUT2D eigenvalue weighted by molar-refractivity contribution is -0.354. The van der Waals surface area contributed by atoms with Crippen LogP contribution in [0.25, 0.3) is 0 Å². The Morgan fingerprint density at radius 1 is 0.688 bits per heavy atom. The van der Waals surface area contributed by atoms with Gasteiger partial charge in [0.1, 0.15) is 18.3 Å². The third kappa shape index (κ3) is 12.3. The molecule has 0 aromatic carbocycles. The van der Waals surface area contributed by atoms with E-state index in [1.54, 1.807) is 6.92 Å². The Hall–Kier alpha value is -3.00. The number of alkyl halides is 1. The first-order valence-corrected chi connectivity index (χ1v) is 23.1. The van der Waals surface area contributed by atoms with E-state index in [2.05, 4.69) is 5.32 Å². The molecule has 4 rings (SSSR count). The summed E-state index contributed by atoms with van der Waals surface area (Å²) < 4.78 is 83.4. The van der Waals surface area contributed by atoms with Crippen molar-refractivity contribution < 1.29 is 80.5 Å². The van der Waals surface area contributed by atoms with Gasteiger partial charge in [-0.05, 0) is 48.9 Å². The van der Waals surface area contributed by atoms with Crippen LogP contribution in [0.4, 0.5) is 4.39 Å². The fraction of sp³-hybridized carbons (Fsp3) is 0.891. The van der Waals surface area contributed by atoms with Crippen molar-refractivity contribution in [2.24, 2.45) is 41.4 Å². The van der Waals surface area contributed by atoms with E-state index >= 15 is 4.39 Å². The van der Waals surface area contributed by atoms with Gasteiger partial charge < -0.3 is 57.4 Å². The number of hydrogen-bond donors (Lipinski definition) is 1. The number of carbonyl (C=O) groups is 5. The van der Waals surface area contributed by atoms with Crippen LogP contribution < -0.4 is 5.32 Å². The molecule has 1 amide bonds. The number of rotatable bonds is 17. The van der Waals surface area contributed by atoms with Crippen LogP contribution in [-0.2, 0) is 76.1 Å². The Morgan fingerprint density at radius 2 is 1.27 bits per heavy atom. The number of carbonyl (C=O) groups excluding carboxylic acids is 5. The SMILES string of the molecule is CCC1O[C@H](F)C(O[C@@H]2OC(CC)[C@@H](O[C@@H]3OC(CO[C@]4(C(=O)OC)C[C@@H](C)[C@@H](C)C([C@H](OC(C)=O)[C@@H](CC)OC(C)=O)O4)[C@H](C)[C@H](C)C3OC(C)=O)[C@H](C)C2NC(C)=O)[C@@H](C)[C@@H]1C. The van der Waals surface area contributed by atoms with E-state index in [4.69, 9.17) is 52.1 Å². The smallest absolute Gasteiger partial charge is 0.366 e. The molecular weight excluding hydrogens is 841 g/mol. The highest BCUT2D eigenvalue weighted by Gasteiger charge is 2.57. The van der Waals surface area contributed by atoms with Crippen LogP contribution in [0, 0.1) is 41.4 Å². The number of methoxy groups -OCH3 is 1. The molecule has 0 aliphatic carbocycles. The lowest BCUT2D eigenvalue weighted by Crippen LogP contribution is -2.64. The van der Waals surface area contributed by atoms with Crippen LogP contribution >= 0.6 is 0 Å². The van der Waals surface area contributed by atoms with Crippen LogP contribution in [-0.4, -0.2) is 129 Å². The van der Waals surface area contributed by atoms with Gasteiger partial charge in [0.2, 0.25) is 12.3 Å². The standard InChI is InChI=1S/C46H76FNO16/c1-16-32-23(6)25(8)39(42(47)59-32)63-43-36(48-28(11)49)27(10)37(33(17-2)60-43)62-44-40(57-30(13)51)26(9)24(7)35(61-44)20-55-46(45(53)54-15)19-21(4)22(5)38(64-46)41(58-31(14)52)34(18-3)56-29(12)50/h21-27,32-44H,16-20H2,1-15H3,(H,48,49)/t21-,22-,23+,24-,25+,26+,27-,32?,33?,34-,35?,36?,37+,38?,39?,40?,41-,42+,43+,44+,46-/m1/s1. The van der Waals surface area contributed by atoms with Gasteiger partial charge in [-0.15, -0.1) is 0 Å². The summed E-state index contributed by atoms with van der Waals surface area (Å²) >= 11 is 0. The van der Waals surface area contributed by atoms with Crippen molar-refractivity contribution >= 4 is 29.8 Å². The number of halogens is 1. The Kier molecular flexibility index (Phi) is 19.4. The van der Waals surface area contributed by atoms with Crippen LogP contribution in [0.1, 0.15) is 123 Å². The van der Waals surface area contributed by atoms with Crippen LogP contribution in [0.2, 0.25) is 0 Å². The first-order valence-electron chi connectivity index (χ1n) is 23.1. The summed E-state index contributed by atoms with van der Waals surface area (Å²) in [5, 5.41) is 2.95. The van der Waals surface area contributed by atoms with E-state index in [1.807, 2.05) is 62.3 Å². The van der Waals surface area contributed by atoms with E-state index in [1.165, 1.54) is 34.8 Å². The molecule has 21 atom stereocenters. The molecule has 4 fully saturated rings. The van der Waals surface area contributed by atoms with Crippen molar-refractivity contribution in [3.63, 3.8) is 0 Å². The van der Waals surface area contributed by atoms with E-state index in [0.717, 1.165) is 0 Å². The fourth-order valence-corrected chi connectivity index (χ4v) is 9.81. The molecule has 64 heavy (non-hydrogen) atoms.